The predicted octanol–water partition coefficient (Wildman–Crippen LogP) is 4.31. The van der Waals surface area contributed by atoms with Gasteiger partial charge in [0.15, 0.2) is 5.78 Å². The Labute approximate surface area is 140 Å². The highest BCUT2D eigenvalue weighted by Crippen LogP contribution is 2.21. The van der Waals surface area contributed by atoms with E-state index in [1.54, 1.807) is 30.3 Å². The highest BCUT2D eigenvalue weighted by Gasteiger charge is 2.13. The van der Waals surface area contributed by atoms with Crippen LogP contribution in [0.5, 0.6) is 0 Å². The number of benzene rings is 2. The van der Waals surface area contributed by atoms with Crippen LogP contribution in [0.2, 0.25) is 0 Å². The van der Waals surface area contributed by atoms with E-state index in [0.717, 1.165) is 22.2 Å². The highest BCUT2D eigenvalue weighted by molar-refractivity contribution is 6.12. The number of carbonyl (C=O) groups is 2. The molecule has 0 aliphatic rings. The molecule has 4 nitrogen and oxygen atoms in total. The Hall–Kier alpha value is -3.01. The Kier molecular flexibility index (Phi) is 4.13. The second-order valence-electron chi connectivity index (χ2n) is 5.92. The molecule has 3 rings (SSSR count). The van der Waals surface area contributed by atoms with E-state index in [0.29, 0.717) is 16.8 Å². The third-order valence-electron chi connectivity index (χ3n) is 3.86. The van der Waals surface area contributed by atoms with E-state index < -0.39 is 0 Å². The van der Waals surface area contributed by atoms with E-state index in [1.807, 2.05) is 32.0 Å². The largest absolute Gasteiger partial charge is 0.322 e. The van der Waals surface area contributed by atoms with Crippen molar-refractivity contribution in [2.24, 2.45) is 0 Å². The molecule has 0 radical (unpaired) electrons. The summed E-state index contributed by atoms with van der Waals surface area (Å²) in [5.74, 6) is -0.247. The first kappa shape index (κ1) is 15.9. The van der Waals surface area contributed by atoms with Gasteiger partial charge in [0.2, 0.25) is 0 Å². The van der Waals surface area contributed by atoms with Gasteiger partial charge in [0.05, 0.1) is 11.1 Å². The molecule has 0 aliphatic heterocycles. The zero-order valence-electron chi connectivity index (χ0n) is 13.9. The van der Waals surface area contributed by atoms with Gasteiger partial charge in [-0.15, -0.1) is 0 Å². The van der Waals surface area contributed by atoms with Crippen molar-refractivity contribution < 1.29 is 9.59 Å². The second kappa shape index (κ2) is 6.24. The van der Waals surface area contributed by atoms with Crippen molar-refractivity contribution in [1.82, 2.24) is 4.98 Å². The minimum absolute atomic E-state index is 0.0353. The zero-order valence-corrected chi connectivity index (χ0v) is 13.9. The van der Waals surface area contributed by atoms with E-state index >= 15 is 0 Å². The van der Waals surface area contributed by atoms with Gasteiger partial charge in [0.25, 0.3) is 5.91 Å². The molecule has 120 valence electrons. The predicted molar refractivity (Wildman–Crippen MR) is 95.6 cm³/mol. The average molecular weight is 318 g/mol. The fraction of sp³-hybridized carbons (Fsp3) is 0.150. The van der Waals surface area contributed by atoms with Crippen LogP contribution in [-0.2, 0) is 0 Å². The van der Waals surface area contributed by atoms with Crippen LogP contribution in [-0.4, -0.2) is 16.7 Å². The van der Waals surface area contributed by atoms with Gasteiger partial charge in [0.1, 0.15) is 0 Å². The van der Waals surface area contributed by atoms with Gasteiger partial charge in [-0.1, -0.05) is 23.8 Å². The van der Waals surface area contributed by atoms with Crippen LogP contribution >= 0.6 is 0 Å². The van der Waals surface area contributed by atoms with Gasteiger partial charge in [0, 0.05) is 22.3 Å². The smallest absolute Gasteiger partial charge is 0.256 e. The van der Waals surface area contributed by atoms with Gasteiger partial charge < -0.3 is 5.32 Å². The summed E-state index contributed by atoms with van der Waals surface area (Å²) >= 11 is 0. The summed E-state index contributed by atoms with van der Waals surface area (Å²) in [4.78, 5) is 28.7. The molecule has 1 aromatic heterocycles. The number of Topliss-reactive ketones (excluding diaryl/α,β-unsaturated/α-hetero) is 1. The van der Waals surface area contributed by atoms with Crippen molar-refractivity contribution in [3.63, 3.8) is 0 Å². The second-order valence-corrected chi connectivity index (χ2v) is 5.92. The van der Waals surface area contributed by atoms with Crippen LogP contribution in [0.3, 0.4) is 0 Å². The fourth-order valence-electron chi connectivity index (χ4n) is 2.67. The maximum absolute atomic E-state index is 12.7. The molecule has 0 bridgehead atoms. The Bertz CT molecular complexity index is 961. The number of pyridine rings is 1. The fourth-order valence-corrected chi connectivity index (χ4v) is 2.67. The summed E-state index contributed by atoms with van der Waals surface area (Å²) in [5.41, 5.74) is 4.40. The molecule has 1 amide bonds. The molecule has 0 saturated carbocycles. The van der Waals surface area contributed by atoms with Gasteiger partial charge in [-0.05, 0) is 51.1 Å². The summed E-state index contributed by atoms with van der Waals surface area (Å²) < 4.78 is 0. The molecule has 1 heterocycles. The number of nitrogens with one attached hydrogen (secondary N) is 1. The number of carbonyl (C=O) groups excluding carboxylic acids is 2. The normalized spacial score (nSPS) is 10.6. The van der Waals surface area contributed by atoms with Crippen molar-refractivity contribution in [3.8, 4) is 0 Å². The maximum atomic E-state index is 12.7. The quantitative estimate of drug-likeness (QED) is 0.732. The summed E-state index contributed by atoms with van der Waals surface area (Å²) in [7, 11) is 0. The minimum atomic E-state index is -0.211. The third-order valence-corrected chi connectivity index (χ3v) is 3.86. The number of aromatic nitrogens is 1. The molecule has 0 spiro atoms. The summed E-state index contributed by atoms with van der Waals surface area (Å²) in [6.07, 6.45) is 0. The van der Waals surface area contributed by atoms with Gasteiger partial charge >= 0.3 is 0 Å². The zero-order chi connectivity index (χ0) is 17.3. The van der Waals surface area contributed by atoms with Crippen molar-refractivity contribution in [2.75, 3.05) is 5.32 Å². The number of hydrogen-bond donors (Lipinski definition) is 1. The van der Waals surface area contributed by atoms with E-state index in [4.69, 9.17) is 0 Å². The average Bonchev–Trinajstić information content (AvgIpc) is 2.54. The molecule has 1 N–H and O–H groups in total. The van der Waals surface area contributed by atoms with E-state index in [1.165, 1.54) is 6.92 Å². The van der Waals surface area contributed by atoms with Gasteiger partial charge in [-0.3, -0.25) is 14.6 Å². The Morgan fingerprint density at radius 1 is 1.00 bits per heavy atom. The van der Waals surface area contributed by atoms with E-state index in [2.05, 4.69) is 10.3 Å². The number of aryl methyl sites for hydroxylation is 2. The van der Waals surface area contributed by atoms with Crippen molar-refractivity contribution in [3.05, 3.63) is 70.9 Å². The summed E-state index contributed by atoms with van der Waals surface area (Å²) in [6.45, 7) is 5.35. The first-order valence-corrected chi connectivity index (χ1v) is 7.74. The van der Waals surface area contributed by atoms with E-state index in [-0.39, 0.29) is 11.7 Å². The number of nitrogens with zero attached hydrogens (tertiary/aromatic N) is 1. The minimum Gasteiger partial charge on any atom is -0.322 e. The topological polar surface area (TPSA) is 59.1 Å². The van der Waals surface area contributed by atoms with Crippen molar-refractivity contribution in [1.29, 1.82) is 0 Å². The Balaban J connectivity index is 2.01. The van der Waals surface area contributed by atoms with Gasteiger partial charge in [-0.2, -0.15) is 0 Å². The maximum Gasteiger partial charge on any atom is 0.256 e. The monoisotopic (exact) mass is 318 g/mol. The lowest BCUT2D eigenvalue weighted by Crippen LogP contribution is -2.13. The summed E-state index contributed by atoms with van der Waals surface area (Å²) in [5, 5.41) is 3.69. The molecule has 4 heteroatoms. The molecule has 3 aromatic rings. The number of ketones is 1. The number of hydrogen-bond acceptors (Lipinski definition) is 3. The number of anilines is 1. The van der Waals surface area contributed by atoms with Crippen LogP contribution < -0.4 is 5.32 Å². The van der Waals surface area contributed by atoms with Crippen LogP contribution in [0.25, 0.3) is 10.9 Å². The first-order chi connectivity index (χ1) is 11.4. The molecular weight excluding hydrogens is 300 g/mol. The lowest BCUT2D eigenvalue weighted by atomic mass is 10.0. The molecule has 0 atom stereocenters. The Morgan fingerprint density at radius 2 is 1.79 bits per heavy atom. The van der Waals surface area contributed by atoms with Crippen molar-refractivity contribution in [2.45, 2.75) is 20.8 Å². The molecule has 0 unspecified atom stereocenters. The van der Waals surface area contributed by atoms with Crippen LogP contribution in [0.4, 0.5) is 5.69 Å². The third kappa shape index (κ3) is 3.18. The molecular formula is C20H18N2O2. The molecule has 0 fully saturated rings. The number of amides is 1. The molecule has 2 aromatic carbocycles. The number of fused-ring (bicyclic) bond motifs is 1. The van der Waals surface area contributed by atoms with Crippen LogP contribution in [0.15, 0.2) is 48.5 Å². The molecule has 0 saturated heterocycles. The Morgan fingerprint density at radius 3 is 2.54 bits per heavy atom. The van der Waals surface area contributed by atoms with Crippen LogP contribution in [0, 0.1) is 13.8 Å². The SMILES string of the molecule is CC(=O)c1cccc(NC(=O)c2cc(C)nc3ccc(C)cc23)c1. The summed E-state index contributed by atoms with van der Waals surface area (Å²) in [6, 6.07) is 14.6. The number of rotatable bonds is 3. The van der Waals surface area contributed by atoms with E-state index in [9.17, 15) is 9.59 Å². The van der Waals surface area contributed by atoms with Crippen LogP contribution in [0.1, 0.15) is 38.9 Å². The van der Waals surface area contributed by atoms with Gasteiger partial charge in [-0.25, -0.2) is 0 Å². The molecule has 0 aliphatic carbocycles. The van der Waals surface area contributed by atoms with Crippen molar-refractivity contribution >= 4 is 28.3 Å². The lowest BCUT2D eigenvalue weighted by Gasteiger charge is -2.10. The lowest BCUT2D eigenvalue weighted by molar-refractivity contribution is 0.101. The first-order valence-electron chi connectivity index (χ1n) is 7.74. The standard InChI is InChI=1S/C20H18N2O2/c1-12-7-8-19-17(9-12)18(10-13(2)21-19)20(24)22-16-6-4-5-15(11-16)14(3)23/h4-11H,1-3H3,(H,22,24). The molecule has 24 heavy (non-hydrogen) atoms. The highest BCUT2D eigenvalue weighted by atomic mass is 16.1.